The van der Waals surface area contributed by atoms with Crippen LogP contribution in [0.2, 0.25) is 0 Å². The lowest BCUT2D eigenvalue weighted by Gasteiger charge is -2.28. The van der Waals surface area contributed by atoms with Crippen molar-refractivity contribution in [1.29, 1.82) is 0 Å². The number of benzene rings is 1. The maximum absolute atomic E-state index is 12.9. The second-order valence-corrected chi connectivity index (χ2v) is 5.78. The van der Waals surface area contributed by atoms with E-state index in [-0.39, 0.29) is 23.2 Å². The number of alkyl halides is 9. The Hall–Kier alpha value is -2.02. The van der Waals surface area contributed by atoms with Crippen LogP contribution in [0.15, 0.2) is 23.3 Å². The van der Waals surface area contributed by atoms with Crippen LogP contribution in [0.25, 0.3) is 0 Å². The molecule has 2 rings (SSSR count). The summed E-state index contributed by atoms with van der Waals surface area (Å²) >= 11 is 0. The molecule has 3 atom stereocenters. The molecule has 1 aliphatic heterocycles. The first-order valence-corrected chi connectivity index (χ1v) is 7.10. The van der Waals surface area contributed by atoms with Crippen molar-refractivity contribution in [2.45, 2.75) is 37.8 Å². The summed E-state index contributed by atoms with van der Waals surface area (Å²) in [5, 5.41) is 22.9. The summed E-state index contributed by atoms with van der Waals surface area (Å²) in [6.45, 7) is 0.946. The van der Waals surface area contributed by atoms with Gasteiger partial charge in [-0.15, -0.1) is 0 Å². The normalized spacial score (nSPS) is 22.8. The van der Waals surface area contributed by atoms with Gasteiger partial charge in [0.2, 0.25) is 0 Å². The van der Waals surface area contributed by atoms with Crippen LogP contribution in [-0.2, 0) is 12.4 Å². The van der Waals surface area contributed by atoms with Gasteiger partial charge in [0.25, 0.3) is 0 Å². The van der Waals surface area contributed by atoms with Crippen LogP contribution < -0.4 is 5.01 Å². The smallest absolute Gasteiger partial charge is 0.383 e. The summed E-state index contributed by atoms with van der Waals surface area (Å²) < 4.78 is 115. The van der Waals surface area contributed by atoms with Gasteiger partial charge in [-0.1, -0.05) is 0 Å². The average molecular weight is 410 g/mol. The molecule has 0 radical (unpaired) electrons. The molecular weight excluding hydrogens is 399 g/mol. The number of nitrogens with zero attached hydrogens (tertiary/aromatic N) is 2. The number of hydrogen-bond donors (Lipinski definition) is 2. The van der Waals surface area contributed by atoms with E-state index >= 15 is 0 Å². The molecule has 0 aromatic heterocycles. The second-order valence-electron chi connectivity index (χ2n) is 5.78. The van der Waals surface area contributed by atoms with E-state index in [0.717, 1.165) is 6.92 Å². The molecule has 2 N–H and O–H groups in total. The minimum absolute atomic E-state index is 0.176. The predicted octanol–water partition coefficient (Wildman–Crippen LogP) is 3.78. The molecule has 4 nitrogen and oxygen atoms in total. The Bertz CT molecular complexity index is 707. The summed E-state index contributed by atoms with van der Waals surface area (Å²) in [6.07, 6.45) is -21.0. The summed E-state index contributed by atoms with van der Waals surface area (Å²) in [4.78, 5) is 0. The lowest BCUT2D eigenvalue weighted by molar-refractivity contribution is -0.219. The third-order valence-corrected chi connectivity index (χ3v) is 3.83. The highest BCUT2D eigenvalue weighted by molar-refractivity contribution is 5.89. The Morgan fingerprint density at radius 2 is 1.37 bits per heavy atom. The average Bonchev–Trinajstić information content (AvgIpc) is 2.78. The highest BCUT2D eigenvalue weighted by Crippen LogP contribution is 2.41. The van der Waals surface area contributed by atoms with E-state index in [1.54, 1.807) is 0 Å². The zero-order chi connectivity index (χ0) is 20.9. The van der Waals surface area contributed by atoms with E-state index in [9.17, 15) is 49.7 Å². The lowest BCUT2D eigenvalue weighted by atomic mass is 9.96. The Morgan fingerprint density at radius 3 is 1.74 bits per heavy atom. The number of hydrazone groups is 1. The van der Waals surface area contributed by atoms with Crippen molar-refractivity contribution in [3.05, 3.63) is 29.3 Å². The van der Waals surface area contributed by atoms with Crippen LogP contribution in [0.1, 0.15) is 18.1 Å². The molecule has 27 heavy (non-hydrogen) atoms. The quantitative estimate of drug-likeness (QED) is 0.730. The molecule has 152 valence electrons. The third kappa shape index (κ3) is 4.29. The van der Waals surface area contributed by atoms with Gasteiger partial charge in [0.05, 0.1) is 22.7 Å². The number of rotatable bonds is 2. The first-order chi connectivity index (χ1) is 12.0. The molecule has 1 heterocycles. The Labute approximate surface area is 145 Å². The third-order valence-electron chi connectivity index (χ3n) is 3.83. The molecule has 13 heteroatoms. The number of halogens is 9. The fraction of sp³-hybridized carbons (Fsp3) is 0.500. The van der Waals surface area contributed by atoms with Gasteiger partial charge in [0, 0.05) is 5.71 Å². The standard InChI is InChI=1S/C14H11F9N2O2/c1-5-9(10(26)14(21,22)23)11(27)25(24-5)8-3-6(12(15,16)17)2-7(4-8)13(18,19)20/h2-4,9-11,26-27H,1H3. The molecule has 0 bridgehead atoms. The summed E-state index contributed by atoms with van der Waals surface area (Å²) in [5.41, 5.74) is -4.90. The van der Waals surface area contributed by atoms with Gasteiger partial charge in [-0.2, -0.15) is 44.6 Å². The number of hydrogen-bond acceptors (Lipinski definition) is 4. The van der Waals surface area contributed by atoms with Crippen LogP contribution in [0.5, 0.6) is 0 Å². The zero-order valence-corrected chi connectivity index (χ0v) is 13.2. The van der Waals surface area contributed by atoms with Gasteiger partial charge in [-0.3, -0.25) is 0 Å². The molecular formula is C14H11F9N2O2. The van der Waals surface area contributed by atoms with Crippen molar-refractivity contribution < 1.29 is 49.7 Å². The van der Waals surface area contributed by atoms with Crippen LogP contribution in [-0.4, -0.2) is 34.4 Å². The highest BCUT2D eigenvalue weighted by atomic mass is 19.4. The molecule has 0 aliphatic carbocycles. The Balaban J connectivity index is 2.52. The summed E-state index contributed by atoms with van der Waals surface area (Å²) in [5.74, 6) is -2.09. The molecule has 0 amide bonds. The molecule has 0 spiro atoms. The van der Waals surface area contributed by atoms with Crippen LogP contribution in [0.3, 0.4) is 0 Å². The minimum atomic E-state index is -5.19. The highest BCUT2D eigenvalue weighted by Gasteiger charge is 2.51. The van der Waals surface area contributed by atoms with E-state index in [2.05, 4.69) is 5.10 Å². The maximum Gasteiger partial charge on any atom is 0.416 e. The largest absolute Gasteiger partial charge is 0.416 e. The number of anilines is 1. The van der Waals surface area contributed by atoms with E-state index in [0.29, 0.717) is 0 Å². The molecule has 1 aliphatic rings. The van der Waals surface area contributed by atoms with E-state index in [4.69, 9.17) is 0 Å². The van der Waals surface area contributed by atoms with Gasteiger partial charge in [0.1, 0.15) is 0 Å². The number of aliphatic hydroxyl groups is 2. The van der Waals surface area contributed by atoms with Crippen molar-refractivity contribution in [2.75, 3.05) is 5.01 Å². The molecule has 1 aromatic carbocycles. The van der Waals surface area contributed by atoms with E-state index < -0.39 is 59.3 Å². The monoisotopic (exact) mass is 410 g/mol. The fourth-order valence-corrected chi connectivity index (χ4v) is 2.54. The maximum atomic E-state index is 12.9. The SMILES string of the molecule is CC1=NN(c2cc(C(F)(F)F)cc(C(F)(F)F)c2)C(O)C1C(O)C(F)(F)F. The van der Waals surface area contributed by atoms with Crippen LogP contribution in [0.4, 0.5) is 45.2 Å². The van der Waals surface area contributed by atoms with Crippen molar-refractivity contribution >= 4 is 11.4 Å². The van der Waals surface area contributed by atoms with Crippen LogP contribution >= 0.6 is 0 Å². The molecule has 0 saturated carbocycles. The van der Waals surface area contributed by atoms with Crippen molar-refractivity contribution in [2.24, 2.45) is 11.0 Å². The summed E-state index contributed by atoms with van der Waals surface area (Å²) in [7, 11) is 0. The number of aliphatic hydroxyl groups excluding tert-OH is 2. The van der Waals surface area contributed by atoms with Crippen molar-refractivity contribution in [3.63, 3.8) is 0 Å². The molecule has 0 saturated heterocycles. The van der Waals surface area contributed by atoms with Gasteiger partial charge in [0.15, 0.2) is 12.3 Å². The van der Waals surface area contributed by atoms with Gasteiger partial charge in [-0.05, 0) is 25.1 Å². The van der Waals surface area contributed by atoms with Gasteiger partial charge >= 0.3 is 18.5 Å². The molecule has 0 fully saturated rings. The lowest BCUT2D eigenvalue weighted by Crippen LogP contribution is -2.46. The minimum Gasteiger partial charge on any atom is -0.383 e. The van der Waals surface area contributed by atoms with E-state index in [1.165, 1.54) is 0 Å². The summed E-state index contributed by atoms with van der Waals surface area (Å²) in [6, 6.07) is 0.236. The van der Waals surface area contributed by atoms with Gasteiger partial charge in [-0.25, -0.2) is 5.01 Å². The Kier molecular flexibility index (Phi) is 5.16. The van der Waals surface area contributed by atoms with E-state index in [1.807, 2.05) is 0 Å². The topological polar surface area (TPSA) is 56.1 Å². The molecule has 1 aromatic rings. The molecule has 3 unspecified atom stereocenters. The first-order valence-electron chi connectivity index (χ1n) is 7.10. The van der Waals surface area contributed by atoms with Crippen LogP contribution in [0, 0.1) is 5.92 Å². The predicted molar refractivity (Wildman–Crippen MR) is 73.6 cm³/mol. The zero-order valence-electron chi connectivity index (χ0n) is 13.2. The van der Waals surface area contributed by atoms with Gasteiger partial charge < -0.3 is 10.2 Å². The van der Waals surface area contributed by atoms with Crippen molar-refractivity contribution in [3.8, 4) is 0 Å². The fourth-order valence-electron chi connectivity index (χ4n) is 2.54. The van der Waals surface area contributed by atoms with Crippen molar-refractivity contribution in [1.82, 2.24) is 0 Å². The Morgan fingerprint density at radius 1 is 0.926 bits per heavy atom. The second kappa shape index (κ2) is 6.55. The first kappa shape index (κ1) is 21.3.